The molecule has 0 aliphatic rings. The van der Waals surface area contributed by atoms with Crippen LogP contribution >= 0.6 is 0 Å². The zero-order valence-electron chi connectivity index (χ0n) is 15.8. The van der Waals surface area contributed by atoms with E-state index in [0.717, 1.165) is 36.4 Å². The average Bonchev–Trinajstić information content (AvgIpc) is 2.59. The van der Waals surface area contributed by atoms with Crippen molar-refractivity contribution in [1.82, 2.24) is 0 Å². The van der Waals surface area contributed by atoms with E-state index >= 15 is 0 Å². The first-order valence-corrected chi connectivity index (χ1v) is 6.89. The van der Waals surface area contributed by atoms with Gasteiger partial charge in [0, 0.05) is 186 Å². The van der Waals surface area contributed by atoms with Crippen molar-refractivity contribution in [2.24, 2.45) is 0 Å². The van der Waals surface area contributed by atoms with Crippen LogP contribution in [0.25, 0.3) is 0 Å². The Kier molecular flexibility index (Phi) is 16.3. The molecule has 9 nitrogen and oxygen atoms in total. The number of carbonyl (C=O) groups excluding carboxylic acids is 1. The van der Waals surface area contributed by atoms with E-state index in [1.54, 1.807) is 0 Å². The third kappa shape index (κ3) is 8.36. The van der Waals surface area contributed by atoms with Crippen molar-refractivity contribution < 1.29 is 44.4 Å². The van der Waals surface area contributed by atoms with Gasteiger partial charge in [-0.05, 0) is 24.3 Å². The molecule has 0 aliphatic heterocycles. The fourth-order valence-corrected chi connectivity index (χ4v) is 2.26. The molecule has 0 atom stereocenters. The summed E-state index contributed by atoms with van der Waals surface area (Å²) < 4.78 is 0. The molecule has 0 bridgehead atoms. The third-order valence-corrected chi connectivity index (χ3v) is 3.49. The Morgan fingerprint density at radius 3 is 1.00 bits per heavy atom. The molecule has 0 saturated heterocycles. The standard InChI is InChI=1S/C17H10O9.3Rb/c18-13(7-1-3-9(14(19)20)11(5-7)16(23)24)8-2-4-10(15(21)22)12(6-8)17(25)26;;;/h1-6H,(H,19,20)(H,21,22)(H,23,24)(H,25,26);;;. The minimum Gasteiger partial charge on any atom is -0.478 e. The van der Waals surface area contributed by atoms with Gasteiger partial charge in [0.15, 0.2) is 5.78 Å². The summed E-state index contributed by atoms with van der Waals surface area (Å²) in [6.07, 6.45) is 0. The third-order valence-electron chi connectivity index (χ3n) is 3.49. The molecule has 0 fully saturated rings. The van der Waals surface area contributed by atoms with Crippen LogP contribution in [0, 0.1) is 0 Å². The molecule has 2 rings (SSSR count). The molecule has 2 aromatic rings. The van der Waals surface area contributed by atoms with Crippen molar-refractivity contribution >= 4 is 204 Å². The molecule has 135 valence electrons. The molecule has 0 spiro atoms. The molecular weight excluding hydrogens is 605 g/mol. The SMILES string of the molecule is O=C(c1ccc(C(=O)O)c(C(=O)O)c1)c1ccc(C(=O)O)c(C(=O)O)c1.[Rb].[Rb].[Rb]. The second kappa shape index (κ2) is 14.5. The fourth-order valence-electron chi connectivity index (χ4n) is 2.26. The molecule has 12 heteroatoms. The van der Waals surface area contributed by atoms with Crippen molar-refractivity contribution in [3.05, 3.63) is 69.8 Å². The zero-order chi connectivity index (χ0) is 19.6. The Hall–Kier alpha value is 1.41. The molecule has 0 amide bonds. The van der Waals surface area contributed by atoms with Crippen molar-refractivity contribution in [2.45, 2.75) is 0 Å². The zero-order valence-corrected chi connectivity index (χ0v) is 30.5. The van der Waals surface area contributed by atoms with Crippen LogP contribution in [0.5, 0.6) is 0 Å². The number of benzene rings is 2. The van der Waals surface area contributed by atoms with Gasteiger partial charge in [0.25, 0.3) is 0 Å². The van der Waals surface area contributed by atoms with Crippen LogP contribution in [0.1, 0.15) is 57.4 Å². The Balaban J connectivity index is 0. The summed E-state index contributed by atoms with van der Waals surface area (Å²) in [5.74, 6) is -6.86. The van der Waals surface area contributed by atoms with Gasteiger partial charge in [0.1, 0.15) is 0 Å². The van der Waals surface area contributed by atoms with E-state index in [-0.39, 0.29) is 186 Å². The minimum absolute atomic E-state index is 0. The molecule has 3 radical (unpaired) electrons. The molecule has 29 heavy (non-hydrogen) atoms. The van der Waals surface area contributed by atoms with Crippen LogP contribution in [0.15, 0.2) is 36.4 Å². The maximum absolute atomic E-state index is 12.5. The summed E-state index contributed by atoms with van der Waals surface area (Å²) in [4.78, 5) is 56.9. The smallest absolute Gasteiger partial charge is 0.336 e. The second-order valence-electron chi connectivity index (χ2n) is 5.07. The maximum atomic E-state index is 12.5. The number of aromatic carboxylic acids is 4. The molecule has 0 aliphatic carbocycles. The van der Waals surface area contributed by atoms with Gasteiger partial charge in [-0.25, -0.2) is 19.2 Å². The molecule has 2 aromatic carbocycles. The summed E-state index contributed by atoms with van der Waals surface area (Å²) in [5.41, 5.74) is -2.62. The van der Waals surface area contributed by atoms with E-state index in [9.17, 15) is 24.0 Å². The summed E-state index contributed by atoms with van der Waals surface area (Å²) in [5, 5.41) is 36.1. The van der Waals surface area contributed by atoms with Gasteiger partial charge in [-0.15, -0.1) is 0 Å². The van der Waals surface area contributed by atoms with Crippen molar-refractivity contribution in [1.29, 1.82) is 0 Å². The number of carboxylic acid groups (broad SMARTS) is 4. The number of carboxylic acids is 4. The fraction of sp³-hybridized carbons (Fsp3) is 0. The summed E-state index contributed by atoms with van der Waals surface area (Å²) >= 11 is 0. The normalized spacial score (nSPS) is 9.10. The topological polar surface area (TPSA) is 166 Å². The van der Waals surface area contributed by atoms with Crippen LogP contribution in [-0.2, 0) is 0 Å². The molecular formula is C17H10O9Rb3. The van der Waals surface area contributed by atoms with Crippen LogP contribution in [0.4, 0.5) is 0 Å². The van der Waals surface area contributed by atoms with Crippen molar-refractivity contribution in [3.63, 3.8) is 0 Å². The van der Waals surface area contributed by atoms with Crippen molar-refractivity contribution in [2.75, 3.05) is 0 Å². The quantitative estimate of drug-likeness (QED) is 0.340. The van der Waals surface area contributed by atoms with E-state index in [2.05, 4.69) is 0 Å². The summed E-state index contributed by atoms with van der Waals surface area (Å²) in [7, 11) is 0. The second-order valence-corrected chi connectivity index (χ2v) is 5.07. The predicted octanol–water partition coefficient (Wildman–Crippen LogP) is 0.568. The number of carbonyl (C=O) groups is 5. The molecule has 4 N–H and O–H groups in total. The van der Waals surface area contributed by atoms with E-state index in [0.29, 0.717) is 0 Å². The molecule has 0 heterocycles. The number of hydrogen-bond donors (Lipinski definition) is 4. The van der Waals surface area contributed by atoms with E-state index in [4.69, 9.17) is 20.4 Å². The average molecular weight is 615 g/mol. The van der Waals surface area contributed by atoms with Crippen LogP contribution in [-0.4, -0.2) is 225 Å². The van der Waals surface area contributed by atoms with Gasteiger partial charge in [0.05, 0.1) is 22.3 Å². The van der Waals surface area contributed by atoms with Crippen LogP contribution in [0.2, 0.25) is 0 Å². The van der Waals surface area contributed by atoms with E-state index < -0.39 is 51.9 Å². The van der Waals surface area contributed by atoms with Gasteiger partial charge in [0.2, 0.25) is 0 Å². The van der Waals surface area contributed by atoms with E-state index in [1.807, 2.05) is 0 Å². The van der Waals surface area contributed by atoms with Crippen molar-refractivity contribution in [3.8, 4) is 0 Å². The largest absolute Gasteiger partial charge is 0.478 e. The van der Waals surface area contributed by atoms with Gasteiger partial charge < -0.3 is 20.4 Å². The van der Waals surface area contributed by atoms with E-state index in [1.165, 1.54) is 0 Å². The van der Waals surface area contributed by atoms with Gasteiger partial charge >= 0.3 is 23.9 Å². The van der Waals surface area contributed by atoms with Crippen LogP contribution < -0.4 is 0 Å². The maximum Gasteiger partial charge on any atom is 0.336 e. The predicted molar refractivity (Wildman–Crippen MR) is 101 cm³/mol. The first-order valence-electron chi connectivity index (χ1n) is 6.89. The Morgan fingerprint density at radius 1 is 0.483 bits per heavy atom. The number of ketones is 1. The monoisotopic (exact) mass is 613 g/mol. The first-order chi connectivity index (χ1) is 12.1. The molecule has 0 saturated carbocycles. The molecule has 0 unspecified atom stereocenters. The Morgan fingerprint density at radius 2 is 0.759 bits per heavy atom. The number of rotatable bonds is 6. The Bertz CT molecular complexity index is 909. The summed E-state index contributed by atoms with van der Waals surface area (Å²) in [6.45, 7) is 0. The van der Waals surface area contributed by atoms with Gasteiger partial charge in [-0.1, -0.05) is 12.1 Å². The van der Waals surface area contributed by atoms with Gasteiger partial charge in [-0.2, -0.15) is 0 Å². The summed E-state index contributed by atoms with van der Waals surface area (Å²) in [6, 6.07) is 5.79. The minimum atomic E-state index is -1.55. The van der Waals surface area contributed by atoms with Gasteiger partial charge in [-0.3, -0.25) is 4.79 Å². The molecule has 0 aromatic heterocycles. The Labute approximate surface area is 310 Å². The first kappa shape index (κ1) is 32.6. The number of hydrogen-bond acceptors (Lipinski definition) is 5. The van der Waals surface area contributed by atoms with Crippen LogP contribution in [0.3, 0.4) is 0 Å².